The first-order valence-electron chi connectivity index (χ1n) is 8.87. The van der Waals surface area contributed by atoms with Crippen LogP contribution in [-0.2, 0) is 21.9 Å². The summed E-state index contributed by atoms with van der Waals surface area (Å²) in [6.07, 6.45) is 4.43. The fourth-order valence-corrected chi connectivity index (χ4v) is 4.06. The molecule has 0 saturated carbocycles. The van der Waals surface area contributed by atoms with Crippen molar-refractivity contribution in [2.45, 2.75) is 17.9 Å². The number of sulfonamides is 1. The molecule has 1 saturated heterocycles. The van der Waals surface area contributed by atoms with Crippen molar-refractivity contribution in [3.63, 3.8) is 0 Å². The van der Waals surface area contributed by atoms with Gasteiger partial charge in [-0.2, -0.15) is 0 Å². The normalized spacial score (nSPS) is 15.7. The van der Waals surface area contributed by atoms with Gasteiger partial charge < -0.3 is 14.2 Å². The predicted octanol–water partition coefficient (Wildman–Crippen LogP) is 1.02. The standard InChI is InChI=1S/C18H24N4O4S/c1-21-12-17(19-14-21)27(24,25)20-11-15-7-9-22(10-8-15)18(23)13-26-16-5-3-2-4-6-16/h2-6,12,14-15,20H,7-11,13H2,1H3. The van der Waals surface area contributed by atoms with E-state index in [2.05, 4.69) is 9.71 Å². The third-order valence-corrected chi connectivity index (χ3v) is 5.90. The SMILES string of the molecule is Cn1cnc(S(=O)(=O)NCC2CCN(C(=O)COc3ccccc3)CC2)c1. The average molecular weight is 392 g/mol. The number of benzene rings is 1. The highest BCUT2D eigenvalue weighted by Crippen LogP contribution is 2.18. The van der Waals surface area contributed by atoms with Crippen molar-refractivity contribution in [1.82, 2.24) is 19.2 Å². The van der Waals surface area contributed by atoms with Crippen LogP contribution >= 0.6 is 0 Å². The van der Waals surface area contributed by atoms with Gasteiger partial charge in [0.1, 0.15) is 5.75 Å². The zero-order valence-electron chi connectivity index (χ0n) is 15.2. The highest BCUT2D eigenvalue weighted by atomic mass is 32.2. The molecule has 2 heterocycles. The first-order chi connectivity index (χ1) is 12.9. The minimum absolute atomic E-state index is 0.0149. The predicted molar refractivity (Wildman–Crippen MR) is 99.6 cm³/mol. The molecular weight excluding hydrogens is 368 g/mol. The van der Waals surface area contributed by atoms with Gasteiger partial charge in [-0.1, -0.05) is 18.2 Å². The number of nitrogens with one attached hydrogen (secondary N) is 1. The van der Waals surface area contributed by atoms with E-state index in [1.807, 2.05) is 30.3 Å². The molecule has 1 aromatic heterocycles. The van der Waals surface area contributed by atoms with Crippen molar-refractivity contribution >= 4 is 15.9 Å². The van der Waals surface area contributed by atoms with Crippen LogP contribution in [0.3, 0.4) is 0 Å². The summed E-state index contributed by atoms with van der Waals surface area (Å²) in [5, 5.41) is 0.0238. The molecule has 0 radical (unpaired) electrons. The number of aryl methyl sites for hydroxylation is 1. The zero-order chi connectivity index (χ0) is 19.3. The molecule has 8 nitrogen and oxygen atoms in total. The van der Waals surface area contributed by atoms with Crippen LogP contribution in [0.25, 0.3) is 0 Å². The number of amides is 1. The van der Waals surface area contributed by atoms with Gasteiger partial charge in [0.2, 0.25) is 0 Å². The molecule has 3 rings (SSSR count). The van der Waals surface area contributed by atoms with Crippen LogP contribution in [-0.4, -0.2) is 55.0 Å². The van der Waals surface area contributed by atoms with Crippen molar-refractivity contribution in [1.29, 1.82) is 0 Å². The van der Waals surface area contributed by atoms with E-state index in [-0.39, 0.29) is 23.5 Å². The van der Waals surface area contributed by atoms with Crippen LogP contribution in [0.4, 0.5) is 0 Å². The fraction of sp³-hybridized carbons (Fsp3) is 0.444. The highest BCUT2D eigenvalue weighted by molar-refractivity contribution is 7.89. The summed E-state index contributed by atoms with van der Waals surface area (Å²) in [4.78, 5) is 17.9. The average Bonchev–Trinajstić information content (AvgIpc) is 3.13. The van der Waals surface area contributed by atoms with E-state index in [0.717, 1.165) is 12.8 Å². The smallest absolute Gasteiger partial charge is 0.260 e. The van der Waals surface area contributed by atoms with Crippen molar-refractivity contribution < 1.29 is 17.9 Å². The number of rotatable bonds is 7. The van der Waals surface area contributed by atoms with Crippen LogP contribution in [0.2, 0.25) is 0 Å². The molecule has 0 aliphatic carbocycles. The Balaban J connectivity index is 1.41. The molecule has 1 aliphatic heterocycles. The number of aromatic nitrogens is 2. The van der Waals surface area contributed by atoms with Gasteiger partial charge >= 0.3 is 0 Å². The topological polar surface area (TPSA) is 93.5 Å². The van der Waals surface area contributed by atoms with Crippen LogP contribution in [0.1, 0.15) is 12.8 Å². The fourth-order valence-electron chi connectivity index (χ4n) is 2.97. The van der Waals surface area contributed by atoms with Gasteiger partial charge in [-0.05, 0) is 30.9 Å². The Morgan fingerprint density at radius 2 is 1.96 bits per heavy atom. The third-order valence-electron chi connectivity index (χ3n) is 4.59. The molecule has 146 valence electrons. The molecule has 0 unspecified atom stereocenters. The number of carbonyl (C=O) groups is 1. The molecule has 1 fully saturated rings. The lowest BCUT2D eigenvalue weighted by Crippen LogP contribution is -2.43. The van der Waals surface area contributed by atoms with Crippen LogP contribution in [0, 0.1) is 5.92 Å². The number of hydrogen-bond acceptors (Lipinski definition) is 5. The summed E-state index contributed by atoms with van der Waals surface area (Å²) >= 11 is 0. The molecule has 0 bridgehead atoms. The van der Waals surface area contributed by atoms with Gasteiger partial charge in [-0.15, -0.1) is 0 Å². The number of carbonyl (C=O) groups excluding carboxylic acids is 1. The lowest BCUT2D eigenvalue weighted by Gasteiger charge is -2.32. The van der Waals surface area contributed by atoms with E-state index in [4.69, 9.17) is 4.74 Å². The third kappa shape index (κ3) is 5.30. The molecule has 1 N–H and O–H groups in total. The largest absolute Gasteiger partial charge is 0.484 e. The number of nitrogens with zero attached hydrogens (tertiary/aromatic N) is 3. The van der Waals surface area contributed by atoms with Crippen molar-refractivity contribution in [3.8, 4) is 5.75 Å². The van der Waals surface area contributed by atoms with Crippen molar-refractivity contribution in [2.24, 2.45) is 13.0 Å². The van der Waals surface area contributed by atoms with Gasteiger partial charge in [0.05, 0.1) is 6.33 Å². The number of imidazole rings is 1. The van der Waals surface area contributed by atoms with E-state index in [9.17, 15) is 13.2 Å². The number of para-hydroxylation sites is 1. The first-order valence-corrected chi connectivity index (χ1v) is 10.4. The molecule has 2 aromatic rings. The summed E-state index contributed by atoms with van der Waals surface area (Å²) in [5.41, 5.74) is 0. The first kappa shape index (κ1) is 19.4. The molecule has 9 heteroatoms. The van der Waals surface area contributed by atoms with Gasteiger partial charge in [0, 0.05) is 32.9 Å². The van der Waals surface area contributed by atoms with Crippen LogP contribution in [0.5, 0.6) is 5.75 Å². The molecule has 1 aromatic carbocycles. The Kier molecular flexibility index (Phi) is 6.12. The van der Waals surface area contributed by atoms with E-state index in [0.29, 0.717) is 25.4 Å². The Hall–Kier alpha value is -2.39. The summed E-state index contributed by atoms with van der Waals surface area (Å²) in [5.74, 6) is 0.818. The number of piperidine rings is 1. The van der Waals surface area contributed by atoms with Gasteiger partial charge in [0.25, 0.3) is 15.9 Å². The number of hydrogen-bond donors (Lipinski definition) is 1. The monoisotopic (exact) mass is 392 g/mol. The Morgan fingerprint density at radius 1 is 1.26 bits per heavy atom. The summed E-state index contributed by atoms with van der Waals surface area (Å²) in [6, 6.07) is 9.23. The van der Waals surface area contributed by atoms with Crippen LogP contribution in [0.15, 0.2) is 47.9 Å². The van der Waals surface area contributed by atoms with Gasteiger partial charge in [-0.25, -0.2) is 18.1 Å². The lowest BCUT2D eigenvalue weighted by atomic mass is 9.97. The second-order valence-electron chi connectivity index (χ2n) is 6.66. The lowest BCUT2D eigenvalue weighted by molar-refractivity contribution is -0.134. The quantitative estimate of drug-likeness (QED) is 0.759. The minimum atomic E-state index is -3.59. The molecule has 0 atom stereocenters. The summed E-state index contributed by atoms with van der Waals surface area (Å²) < 4.78 is 34.1. The van der Waals surface area contributed by atoms with Crippen LogP contribution < -0.4 is 9.46 Å². The second kappa shape index (κ2) is 8.53. The Bertz CT molecular complexity index is 858. The molecule has 1 aliphatic rings. The van der Waals surface area contributed by atoms with Crippen molar-refractivity contribution in [2.75, 3.05) is 26.2 Å². The number of likely N-dealkylation sites (tertiary alicyclic amines) is 1. The van der Waals surface area contributed by atoms with E-state index in [1.54, 1.807) is 16.5 Å². The summed E-state index contributed by atoms with van der Waals surface area (Å²) in [7, 11) is -1.87. The highest BCUT2D eigenvalue weighted by Gasteiger charge is 2.25. The van der Waals surface area contributed by atoms with Crippen molar-refractivity contribution in [3.05, 3.63) is 42.9 Å². The molecule has 0 spiro atoms. The van der Waals surface area contributed by atoms with E-state index in [1.165, 1.54) is 12.5 Å². The molecule has 1 amide bonds. The van der Waals surface area contributed by atoms with Gasteiger partial charge in [0.15, 0.2) is 11.6 Å². The molecular formula is C18H24N4O4S. The van der Waals surface area contributed by atoms with E-state index < -0.39 is 10.0 Å². The Morgan fingerprint density at radius 3 is 2.59 bits per heavy atom. The zero-order valence-corrected chi connectivity index (χ0v) is 16.1. The van der Waals surface area contributed by atoms with Gasteiger partial charge in [-0.3, -0.25) is 4.79 Å². The maximum absolute atomic E-state index is 12.3. The number of ether oxygens (including phenoxy) is 1. The summed E-state index contributed by atoms with van der Waals surface area (Å²) in [6.45, 7) is 1.57. The molecule has 27 heavy (non-hydrogen) atoms. The van der Waals surface area contributed by atoms with E-state index >= 15 is 0 Å². The minimum Gasteiger partial charge on any atom is -0.484 e. The maximum Gasteiger partial charge on any atom is 0.260 e. The maximum atomic E-state index is 12.3. The Labute approximate surface area is 159 Å². The second-order valence-corrected chi connectivity index (χ2v) is 8.37.